The molecule has 2 aliphatic rings. The number of nitrogens with one attached hydrogen (secondary N) is 1. The van der Waals surface area contributed by atoms with Gasteiger partial charge in [0.1, 0.15) is 11.8 Å². The van der Waals surface area contributed by atoms with Crippen LogP contribution in [0.4, 0.5) is 5.69 Å². The van der Waals surface area contributed by atoms with E-state index < -0.39 is 6.04 Å². The first-order chi connectivity index (χ1) is 18.2. The van der Waals surface area contributed by atoms with Gasteiger partial charge in [-0.25, -0.2) is 4.68 Å². The van der Waals surface area contributed by atoms with E-state index in [-0.39, 0.29) is 11.7 Å². The summed E-state index contributed by atoms with van der Waals surface area (Å²) >= 11 is 0. The Kier molecular flexibility index (Phi) is 6.58. The zero-order chi connectivity index (χ0) is 25.2. The molecule has 2 atom stereocenters. The van der Waals surface area contributed by atoms with Crippen LogP contribution >= 0.6 is 0 Å². The highest BCUT2D eigenvalue weighted by Gasteiger charge is 2.33. The lowest BCUT2D eigenvalue weighted by Crippen LogP contribution is -2.49. The third-order valence-corrected chi connectivity index (χ3v) is 7.38. The van der Waals surface area contributed by atoms with Crippen molar-refractivity contribution in [3.8, 4) is 5.75 Å². The fraction of sp³-hybridized carbons (Fsp3) is 0.407. The molecule has 0 saturated carbocycles. The number of aromatic amines is 1. The van der Waals surface area contributed by atoms with E-state index >= 15 is 0 Å². The molecule has 2 aliphatic heterocycles. The number of piperazine rings is 1. The van der Waals surface area contributed by atoms with E-state index in [9.17, 15) is 4.79 Å². The van der Waals surface area contributed by atoms with Crippen molar-refractivity contribution in [3.05, 3.63) is 76.3 Å². The van der Waals surface area contributed by atoms with Crippen LogP contribution in [0, 0.1) is 0 Å². The Labute approximate surface area is 214 Å². The topological polar surface area (TPSA) is 101 Å². The lowest BCUT2D eigenvalue weighted by Gasteiger charge is -2.39. The number of ether oxygens (including phenoxy) is 2. The first-order valence-corrected chi connectivity index (χ1v) is 12.8. The number of anilines is 1. The van der Waals surface area contributed by atoms with Gasteiger partial charge in [0.2, 0.25) is 0 Å². The second-order valence-corrected chi connectivity index (χ2v) is 9.62. The van der Waals surface area contributed by atoms with Gasteiger partial charge >= 0.3 is 0 Å². The first kappa shape index (κ1) is 23.6. The summed E-state index contributed by atoms with van der Waals surface area (Å²) in [7, 11) is 1.64. The number of hydrogen-bond donors (Lipinski definition) is 1. The molecule has 0 spiro atoms. The number of benzene rings is 2. The van der Waals surface area contributed by atoms with Gasteiger partial charge in [-0.3, -0.25) is 9.69 Å². The lowest BCUT2D eigenvalue weighted by molar-refractivity contribution is 0.0906. The molecule has 37 heavy (non-hydrogen) atoms. The second kappa shape index (κ2) is 10.3. The van der Waals surface area contributed by atoms with Crippen molar-refractivity contribution < 1.29 is 9.47 Å². The summed E-state index contributed by atoms with van der Waals surface area (Å²) in [5.74, 6) is 1.40. The van der Waals surface area contributed by atoms with Crippen molar-refractivity contribution in [1.82, 2.24) is 30.1 Å². The van der Waals surface area contributed by atoms with Crippen LogP contribution in [0.25, 0.3) is 10.9 Å². The molecule has 2 aromatic carbocycles. The van der Waals surface area contributed by atoms with Crippen molar-refractivity contribution in [2.75, 3.05) is 44.8 Å². The summed E-state index contributed by atoms with van der Waals surface area (Å²) in [5, 5.41) is 13.7. The normalized spacial score (nSPS) is 19.4. The van der Waals surface area contributed by atoms with Crippen molar-refractivity contribution >= 4 is 16.6 Å². The maximum Gasteiger partial charge on any atom is 0.253 e. The summed E-state index contributed by atoms with van der Waals surface area (Å²) in [6.45, 7) is 4.55. The number of methoxy groups -OCH3 is 1. The van der Waals surface area contributed by atoms with E-state index in [1.54, 1.807) is 7.11 Å². The van der Waals surface area contributed by atoms with E-state index in [1.165, 1.54) is 5.69 Å². The molecule has 2 fully saturated rings. The van der Waals surface area contributed by atoms with Crippen LogP contribution in [-0.4, -0.2) is 76.1 Å². The molecule has 2 saturated heterocycles. The monoisotopic (exact) mass is 501 g/mol. The largest absolute Gasteiger partial charge is 0.497 e. The molecule has 0 radical (unpaired) electrons. The standard InChI is InChI=1S/C27H31N7O3/c1-36-21-9-10-24-19(16-21)17-23(27(35)28-24)25(26-29-30-31-34(26)18-22-8-5-15-37-22)33-13-11-32(12-14-33)20-6-3-2-4-7-20/h2-4,6-7,9-10,16-17,22,25H,5,8,11-15,18H2,1H3,(H,28,35)/t22-,25-/m1/s1. The van der Waals surface area contributed by atoms with Crippen LogP contribution in [0.5, 0.6) is 5.75 Å². The van der Waals surface area contributed by atoms with Gasteiger partial charge in [0.15, 0.2) is 5.82 Å². The predicted molar refractivity (Wildman–Crippen MR) is 140 cm³/mol. The van der Waals surface area contributed by atoms with Gasteiger partial charge in [-0.15, -0.1) is 5.10 Å². The van der Waals surface area contributed by atoms with Gasteiger partial charge in [0, 0.05) is 54.9 Å². The van der Waals surface area contributed by atoms with Crippen molar-refractivity contribution in [3.63, 3.8) is 0 Å². The van der Waals surface area contributed by atoms with Gasteiger partial charge in [0.05, 0.1) is 19.8 Å². The number of H-pyrrole nitrogens is 1. The van der Waals surface area contributed by atoms with Crippen LogP contribution in [0.2, 0.25) is 0 Å². The summed E-state index contributed by atoms with van der Waals surface area (Å²) < 4.78 is 13.1. The number of pyridine rings is 1. The van der Waals surface area contributed by atoms with Gasteiger partial charge < -0.3 is 19.4 Å². The number of nitrogens with zero attached hydrogens (tertiary/aromatic N) is 6. The third-order valence-electron chi connectivity index (χ3n) is 7.38. The van der Waals surface area contributed by atoms with E-state index in [2.05, 4.69) is 54.6 Å². The average Bonchev–Trinajstić information content (AvgIpc) is 3.63. The number of tetrazole rings is 1. The Bertz CT molecular complexity index is 1410. The predicted octanol–water partition coefficient (Wildman–Crippen LogP) is 2.61. The second-order valence-electron chi connectivity index (χ2n) is 9.62. The summed E-state index contributed by atoms with van der Waals surface area (Å²) in [4.78, 5) is 21.2. The van der Waals surface area contributed by atoms with Crippen LogP contribution in [0.1, 0.15) is 30.3 Å². The minimum atomic E-state index is -0.395. The molecule has 4 aromatic rings. The van der Waals surface area contributed by atoms with Gasteiger partial charge in [-0.1, -0.05) is 18.2 Å². The van der Waals surface area contributed by atoms with Crippen LogP contribution in [-0.2, 0) is 11.3 Å². The molecule has 4 heterocycles. The van der Waals surface area contributed by atoms with Crippen molar-refractivity contribution in [1.29, 1.82) is 0 Å². The zero-order valence-corrected chi connectivity index (χ0v) is 20.9. The van der Waals surface area contributed by atoms with Gasteiger partial charge in [-0.05, 0) is 59.7 Å². The SMILES string of the molecule is COc1ccc2[nH]c(=O)c([C@H](c3nnnn3C[C@H]3CCCO3)N3CCN(c4ccccc4)CC3)cc2c1. The number of hydrogen-bond acceptors (Lipinski definition) is 8. The Hall–Kier alpha value is -3.76. The number of fused-ring (bicyclic) bond motifs is 1. The Morgan fingerprint density at radius 2 is 1.95 bits per heavy atom. The zero-order valence-electron chi connectivity index (χ0n) is 20.9. The highest BCUT2D eigenvalue weighted by molar-refractivity contribution is 5.80. The molecule has 0 aliphatic carbocycles. The molecular weight excluding hydrogens is 470 g/mol. The minimum Gasteiger partial charge on any atom is -0.497 e. The highest BCUT2D eigenvalue weighted by atomic mass is 16.5. The molecule has 2 aromatic heterocycles. The average molecular weight is 502 g/mol. The Morgan fingerprint density at radius 3 is 2.70 bits per heavy atom. The fourth-order valence-corrected chi connectivity index (χ4v) is 5.43. The maximum absolute atomic E-state index is 13.5. The molecule has 0 bridgehead atoms. The molecule has 1 N–H and O–H groups in total. The van der Waals surface area contributed by atoms with E-state index in [4.69, 9.17) is 9.47 Å². The maximum atomic E-state index is 13.5. The molecule has 10 nitrogen and oxygen atoms in total. The van der Waals surface area contributed by atoms with Crippen LogP contribution in [0.3, 0.4) is 0 Å². The quantitative estimate of drug-likeness (QED) is 0.413. The first-order valence-electron chi connectivity index (χ1n) is 12.8. The Balaban J connectivity index is 1.38. The van der Waals surface area contributed by atoms with E-state index in [0.717, 1.165) is 62.3 Å². The van der Waals surface area contributed by atoms with Crippen LogP contribution < -0.4 is 15.2 Å². The minimum absolute atomic E-state index is 0.0805. The summed E-state index contributed by atoms with van der Waals surface area (Å²) in [6, 6.07) is 17.6. The molecule has 6 rings (SSSR count). The molecule has 192 valence electrons. The number of rotatable bonds is 7. The lowest BCUT2D eigenvalue weighted by atomic mass is 10.0. The van der Waals surface area contributed by atoms with Crippen molar-refractivity contribution in [2.24, 2.45) is 0 Å². The van der Waals surface area contributed by atoms with E-state index in [0.29, 0.717) is 17.9 Å². The molecule has 0 unspecified atom stereocenters. The molecule has 10 heteroatoms. The number of para-hydroxylation sites is 1. The van der Waals surface area contributed by atoms with Gasteiger partial charge in [-0.2, -0.15) is 0 Å². The van der Waals surface area contributed by atoms with Crippen molar-refractivity contribution in [2.45, 2.75) is 31.5 Å². The summed E-state index contributed by atoms with van der Waals surface area (Å²) in [6.07, 6.45) is 2.10. The fourth-order valence-electron chi connectivity index (χ4n) is 5.43. The smallest absolute Gasteiger partial charge is 0.253 e. The number of aromatic nitrogens is 5. The van der Waals surface area contributed by atoms with Crippen LogP contribution in [0.15, 0.2) is 59.4 Å². The Morgan fingerprint density at radius 1 is 1.11 bits per heavy atom. The molecular formula is C27H31N7O3. The van der Waals surface area contributed by atoms with Gasteiger partial charge in [0.25, 0.3) is 5.56 Å². The van der Waals surface area contributed by atoms with E-state index in [1.807, 2.05) is 35.0 Å². The highest BCUT2D eigenvalue weighted by Crippen LogP contribution is 2.30. The summed E-state index contributed by atoms with van der Waals surface area (Å²) in [5.41, 5.74) is 2.45. The molecule has 0 amide bonds. The third kappa shape index (κ3) is 4.82.